The minimum Gasteiger partial charge on any atom is -0.460 e. The SMILES string of the molecule is NC(=O)c1ccc(COC(=O)C2CCN(C(=O)c3ccc(Cl)cc3)CC2)c([N+](=O)[O-])c1. The van der Waals surface area contributed by atoms with Gasteiger partial charge in [0.1, 0.15) is 6.61 Å². The fraction of sp³-hybridized carbons (Fsp3) is 0.286. The lowest BCUT2D eigenvalue weighted by Gasteiger charge is -2.31. The molecule has 10 heteroatoms. The van der Waals surface area contributed by atoms with Gasteiger partial charge in [-0.1, -0.05) is 11.6 Å². The Morgan fingerprint density at radius 1 is 1.10 bits per heavy atom. The van der Waals surface area contributed by atoms with Gasteiger partial charge in [-0.3, -0.25) is 24.5 Å². The fourth-order valence-electron chi connectivity index (χ4n) is 3.37. The summed E-state index contributed by atoms with van der Waals surface area (Å²) in [5, 5.41) is 11.8. The number of nitro groups is 1. The number of carbonyl (C=O) groups is 3. The van der Waals surface area contributed by atoms with Crippen molar-refractivity contribution in [3.63, 3.8) is 0 Å². The lowest BCUT2D eigenvalue weighted by atomic mass is 9.96. The molecule has 3 rings (SSSR count). The van der Waals surface area contributed by atoms with Gasteiger partial charge in [-0.15, -0.1) is 0 Å². The number of nitro benzene ring substituents is 1. The van der Waals surface area contributed by atoms with Crippen molar-refractivity contribution >= 4 is 35.1 Å². The first-order chi connectivity index (χ1) is 14.8. The highest BCUT2D eigenvalue weighted by molar-refractivity contribution is 6.30. The molecule has 2 aromatic rings. The normalized spacial score (nSPS) is 14.2. The standard InChI is InChI=1S/C21H20ClN3O6/c22-17-5-3-13(4-6-17)20(27)24-9-7-14(8-10-24)21(28)31-12-16-2-1-15(19(23)26)11-18(16)25(29)30/h1-6,11,14H,7-10,12H2,(H2,23,26). The number of halogens is 1. The third kappa shape index (κ3) is 5.37. The largest absolute Gasteiger partial charge is 0.460 e. The first-order valence-corrected chi connectivity index (χ1v) is 9.92. The molecule has 9 nitrogen and oxygen atoms in total. The number of ether oxygens (including phenoxy) is 1. The van der Waals surface area contributed by atoms with Crippen LogP contribution in [0.25, 0.3) is 0 Å². The molecule has 1 saturated heterocycles. The summed E-state index contributed by atoms with van der Waals surface area (Å²) in [6.07, 6.45) is 0.863. The number of hydrogen-bond donors (Lipinski definition) is 1. The number of piperidine rings is 1. The molecular weight excluding hydrogens is 426 g/mol. The number of nitrogens with two attached hydrogens (primary N) is 1. The molecule has 31 heavy (non-hydrogen) atoms. The van der Waals surface area contributed by atoms with Crippen LogP contribution in [0.3, 0.4) is 0 Å². The highest BCUT2D eigenvalue weighted by Crippen LogP contribution is 2.24. The van der Waals surface area contributed by atoms with Crippen LogP contribution >= 0.6 is 11.6 Å². The van der Waals surface area contributed by atoms with Crippen molar-refractivity contribution in [3.8, 4) is 0 Å². The first-order valence-electron chi connectivity index (χ1n) is 9.55. The van der Waals surface area contributed by atoms with E-state index < -0.39 is 22.7 Å². The topological polar surface area (TPSA) is 133 Å². The van der Waals surface area contributed by atoms with Crippen LogP contribution in [0.4, 0.5) is 5.69 Å². The van der Waals surface area contributed by atoms with Crippen molar-refractivity contribution in [1.29, 1.82) is 0 Å². The van der Waals surface area contributed by atoms with E-state index in [0.29, 0.717) is 36.5 Å². The van der Waals surface area contributed by atoms with Gasteiger partial charge in [-0.2, -0.15) is 0 Å². The number of benzene rings is 2. The highest BCUT2D eigenvalue weighted by Gasteiger charge is 2.29. The Balaban J connectivity index is 1.56. The van der Waals surface area contributed by atoms with Crippen molar-refractivity contribution in [1.82, 2.24) is 4.90 Å². The maximum absolute atomic E-state index is 12.5. The smallest absolute Gasteiger partial charge is 0.309 e. The molecule has 2 N–H and O–H groups in total. The van der Waals surface area contributed by atoms with Crippen LogP contribution in [-0.2, 0) is 16.1 Å². The Labute approximate surface area is 182 Å². The van der Waals surface area contributed by atoms with Gasteiger partial charge < -0.3 is 15.4 Å². The van der Waals surface area contributed by atoms with Gasteiger partial charge in [0.15, 0.2) is 0 Å². The van der Waals surface area contributed by atoms with E-state index in [1.807, 2.05) is 0 Å². The van der Waals surface area contributed by atoms with E-state index in [2.05, 4.69) is 0 Å². The van der Waals surface area contributed by atoms with Crippen molar-refractivity contribution in [2.24, 2.45) is 11.7 Å². The summed E-state index contributed by atoms with van der Waals surface area (Å²) in [5.74, 6) is -1.80. The summed E-state index contributed by atoms with van der Waals surface area (Å²) in [5.41, 5.74) is 5.50. The third-order valence-corrected chi connectivity index (χ3v) is 5.40. The highest BCUT2D eigenvalue weighted by atomic mass is 35.5. The van der Waals surface area contributed by atoms with Crippen LogP contribution in [-0.4, -0.2) is 40.7 Å². The van der Waals surface area contributed by atoms with Crippen LogP contribution in [0, 0.1) is 16.0 Å². The van der Waals surface area contributed by atoms with E-state index in [9.17, 15) is 24.5 Å². The van der Waals surface area contributed by atoms with E-state index in [1.165, 1.54) is 12.1 Å². The number of esters is 1. The molecule has 2 aromatic carbocycles. The second kappa shape index (κ2) is 9.57. The van der Waals surface area contributed by atoms with E-state index >= 15 is 0 Å². The number of hydrogen-bond acceptors (Lipinski definition) is 6. The zero-order chi connectivity index (χ0) is 22.5. The van der Waals surface area contributed by atoms with Crippen LogP contribution in [0.5, 0.6) is 0 Å². The summed E-state index contributed by atoms with van der Waals surface area (Å²) >= 11 is 5.84. The van der Waals surface area contributed by atoms with E-state index in [0.717, 1.165) is 6.07 Å². The monoisotopic (exact) mass is 445 g/mol. The molecule has 1 aliphatic rings. The third-order valence-electron chi connectivity index (χ3n) is 5.14. The quantitative estimate of drug-likeness (QED) is 0.413. The van der Waals surface area contributed by atoms with Gasteiger partial charge in [0.25, 0.3) is 11.6 Å². The van der Waals surface area contributed by atoms with E-state index in [1.54, 1.807) is 29.2 Å². The van der Waals surface area contributed by atoms with Crippen molar-refractivity contribution in [3.05, 3.63) is 74.3 Å². The second-order valence-corrected chi connectivity index (χ2v) is 7.58. The molecule has 0 radical (unpaired) electrons. The summed E-state index contributed by atoms with van der Waals surface area (Å²) in [4.78, 5) is 48.4. The maximum atomic E-state index is 12.5. The fourth-order valence-corrected chi connectivity index (χ4v) is 3.50. The molecule has 2 amide bonds. The lowest BCUT2D eigenvalue weighted by Crippen LogP contribution is -2.40. The predicted octanol–water partition coefficient (Wildman–Crippen LogP) is 2.94. The molecule has 0 saturated carbocycles. The molecule has 0 unspecified atom stereocenters. The Kier molecular flexibility index (Phi) is 6.86. The molecule has 0 aliphatic carbocycles. The Morgan fingerprint density at radius 2 is 1.71 bits per heavy atom. The minimum atomic E-state index is -0.786. The Morgan fingerprint density at radius 3 is 2.29 bits per heavy atom. The zero-order valence-electron chi connectivity index (χ0n) is 16.5. The average Bonchev–Trinajstić information content (AvgIpc) is 2.77. The molecule has 0 aromatic heterocycles. The van der Waals surface area contributed by atoms with E-state index in [4.69, 9.17) is 22.1 Å². The number of rotatable bonds is 6. The van der Waals surface area contributed by atoms with Crippen molar-refractivity contribution in [2.45, 2.75) is 19.4 Å². The number of nitrogens with zero attached hydrogens (tertiary/aromatic N) is 2. The molecule has 162 valence electrons. The van der Waals surface area contributed by atoms with Gasteiger partial charge in [-0.25, -0.2) is 0 Å². The van der Waals surface area contributed by atoms with Gasteiger partial charge in [-0.05, 0) is 49.2 Å². The van der Waals surface area contributed by atoms with Gasteiger partial charge in [0.2, 0.25) is 5.91 Å². The average molecular weight is 446 g/mol. The molecule has 0 bridgehead atoms. The first kappa shape index (κ1) is 22.2. The van der Waals surface area contributed by atoms with Crippen molar-refractivity contribution in [2.75, 3.05) is 13.1 Å². The summed E-state index contributed by atoms with van der Waals surface area (Å²) in [7, 11) is 0. The van der Waals surface area contributed by atoms with Gasteiger partial charge >= 0.3 is 5.97 Å². The summed E-state index contributed by atoms with van der Waals surface area (Å²) in [6, 6.07) is 10.4. The molecule has 0 atom stereocenters. The molecule has 1 heterocycles. The molecule has 1 fully saturated rings. The van der Waals surface area contributed by atoms with Crippen LogP contribution < -0.4 is 5.73 Å². The molecule has 0 spiro atoms. The molecular formula is C21H20ClN3O6. The lowest BCUT2D eigenvalue weighted by molar-refractivity contribution is -0.385. The molecule has 1 aliphatic heterocycles. The zero-order valence-corrected chi connectivity index (χ0v) is 17.2. The van der Waals surface area contributed by atoms with Crippen LogP contribution in [0.2, 0.25) is 5.02 Å². The van der Waals surface area contributed by atoms with Crippen molar-refractivity contribution < 1.29 is 24.0 Å². The minimum absolute atomic E-state index is 0.000460. The van der Waals surface area contributed by atoms with Gasteiger partial charge in [0.05, 0.1) is 16.4 Å². The number of amides is 2. The van der Waals surface area contributed by atoms with Gasteiger partial charge in [0, 0.05) is 35.3 Å². The van der Waals surface area contributed by atoms with E-state index in [-0.39, 0.29) is 29.3 Å². The number of carbonyl (C=O) groups excluding carboxylic acids is 3. The predicted molar refractivity (Wildman–Crippen MR) is 111 cm³/mol. The summed E-state index contributed by atoms with van der Waals surface area (Å²) in [6.45, 7) is 0.501. The maximum Gasteiger partial charge on any atom is 0.309 e. The number of primary amides is 1. The number of likely N-dealkylation sites (tertiary alicyclic amines) is 1. The second-order valence-electron chi connectivity index (χ2n) is 7.15. The van der Waals surface area contributed by atoms with Crippen LogP contribution in [0.1, 0.15) is 39.1 Å². The summed E-state index contributed by atoms with van der Waals surface area (Å²) < 4.78 is 5.27. The Hall–Kier alpha value is -3.46. The van der Waals surface area contributed by atoms with Crippen LogP contribution in [0.15, 0.2) is 42.5 Å². The Bertz CT molecular complexity index is 1020.